The fourth-order valence-electron chi connectivity index (χ4n) is 5.29. The highest BCUT2D eigenvalue weighted by Gasteiger charge is 2.58. The van der Waals surface area contributed by atoms with Crippen LogP contribution >= 0.6 is 11.6 Å². The van der Waals surface area contributed by atoms with Crippen LogP contribution in [-0.2, 0) is 15.8 Å². The molecule has 4 N–H and O–H groups in total. The maximum atomic E-state index is 15.1. The summed E-state index contributed by atoms with van der Waals surface area (Å²) in [5.74, 6) is -4.49. The topological polar surface area (TPSA) is 142 Å². The second-order valence-corrected chi connectivity index (χ2v) is 11.8. The number of amides is 2. The van der Waals surface area contributed by atoms with Crippen LogP contribution in [-0.4, -0.2) is 58.1 Å². The fourth-order valence-corrected chi connectivity index (χ4v) is 5.54. The van der Waals surface area contributed by atoms with Gasteiger partial charge in [-0.15, -0.1) is 0 Å². The van der Waals surface area contributed by atoms with Crippen LogP contribution in [0.25, 0.3) is 22.2 Å². The zero-order chi connectivity index (χ0) is 33.3. The summed E-state index contributed by atoms with van der Waals surface area (Å²) in [5, 5.41) is 17.5. The lowest BCUT2D eigenvalue weighted by atomic mass is 9.81. The Morgan fingerprint density at radius 3 is 2.54 bits per heavy atom. The average Bonchev–Trinajstić information content (AvgIpc) is 3.67. The van der Waals surface area contributed by atoms with Crippen LogP contribution in [0.1, 0.15) is 47.4 Å². The number of methoxy groups -OCH3 is 1. The molecule has 46 heavy (non-hydrogen) atoms. The number of aliphatic hydroxyl groups is 1. The molecule has 1 aliphatic heterocycles. The van der Waals surface area contributed by atoms with E-state index in [1.807, 2.05) is 0 Å². The highest BCUT2D eigenvalue weighted by atomic mass is 35.5. The van der Waals surface area contributed by atoms with Crippen molar-refractivity contribution < 1.29 is 46.1 Å². The van der Waals surface area contributed by atoms with Gasteiger partial charge < -0.3 is 25.6 Å². The van der Waals surface area contributed by atoms with Crippen LogP contribution in [0.3, 0.4) is 0 Å². The number of ether oxygens (including phenoxy) is 2. The SMILES string of the molecule is COc1cc(C(=O)NCC(O)(c2cc3c(c(-c4c(F)ccc(F)c4Cl)n2)OC[C@]3(C)C(N)=O)C(F)(F)F)cc2cn(C3CC3)nc12. The lowest BCUT2D eigenvalue weighted by molar-refractivity contribution is -0.265. The molecule has 1 aliphatic carbocycles. The van der Waals surface area contributed by atoms with Crippen LogP contribution in [0.2, 0.25) is 5.02 Å². The Kier molecular flexibility index (Phi) is 7.39. The van der Waals surface area contributed by atoms with Gasteiger partial charge in [-0.2, -0.15) is 18.3 Å². The normalized spacial score (nSPS) is 19.0. The van der Waals surface area contributed by atoms with Gasteiger partial charge in [0.05, 0.1) is 36.0 Å². The molecule has 1 saturated carbocycles. The number of benzene rings is 2. The number of carbonyl (C=O) groups is 2. The average molecular weight is 666 g/mol. The Morgan fingerprint density at radius 1 is 1.22 bits per heavy atom. The second-order valence-electron chi connectivity index (χ2n) is 11.4. The number of aromatic nitrogens is 3. The van der Waals surface area contributed by atoms with Gasteiger partial charge in [0.1, 0.15) is 46.4 Å². The van der Waals surface area contributed by atoms with Crippen molar-refractivity contribution in [3.8, 4) is 22.8 Å². The molecule has 242 valence electrons. The third kappa shape index (κ3) is 4.97. The van der Waals surface area contributed by atoms with Gasteiger partial charge in [0.15, 0.2) is 0 Å². The number of nitrogens with one attached hydrogen (secondary N) is 1. The van der Waals surface area contributed by atoms with Crippen molar-refractivity contribution >= 4 is 34.3 Å². The van der Waals surface area contributed by atoms with Gasteiger partial charge >= 0.3 is 6.18 Å². The summed E-state index contributed by atoms with van der Waals surface area (Å²) in [4.78, 5) is 29.5. The first kappa shape index (κ1) is 31.5. The molecule has 2 aliphatic rings. The number of hydrogen-bond acceptors (Lipinski definition) is 7. The number of halogens is 6. The number of nitrogens with two attached hydrogens (primary N) is 1. The van der Waals surface area contributed by atoms with Crippen LogP contribution in [0, 0.1) is 11.6 Å². The molecule has 0 spiro atoms. The maximum Gasteiger partial charge on any atom is 0.424 e. The molecule has 0 bridgehead atoms. The van der Waals surface area contributed by atoms with Crippen molar-refractivity contribution in [2.45, 2.75) is 43.0 Å². The van der Waals surface area contributed by atoms with E-state index in [0.717, 1.165) is 18.9 Å². The zero-order valence-corrected chi connectivity index (χ0v) is 24.9. The van der Waals surface area contributed by atoms with Gasteiger partial charge in [-0.3, -0.25) is 14.3 Å². The van der Waals surface area contributed by atoms with Gasteiger partial charge in [0, 0.05) is 22.7 Å². The Morgan fingerprint density at radius 2 is 1.91 bits per heavy atom. The van der Waals surface area contributed by atoms with E-state index < -0.39 is 75.8 Å². The van der Waals surface area contributed by atoms with E-state index in [0.29, 0.717) is 23.0 Å². The number of pyridine rings is 1. The Hall–Kier alpha value is -4.50. The van der Waals surface area contributed by atoms with E-state index in [2.05, 4.69) is 15.4 Å². The molecule has 10 nitrogen and oxygen atoms in total. The molecule has 3 heterocycles. The van der Waals surface area contributed by atoms with Crippen LogP contribution in [0.5, 0.6) is 11.5 Å². The van der Waals surface area contributed by atoms with Crippen molar-refractivity contribution in [1.29, 1.82) is 0 Å². The van der Waals surface area contributed by atoms with E-state index in [1.165, 1.54) is 26.2 Å². The Bertz CT molecular complexity index is 1930. The molecule has 2 aromatic carbocycles. The van der Waals surface area contributed by atoms with Gasteiger partial charge in [-0.05, 0) is 50.1 Å². The van der Waals surface area contributed by atoms with E-state index in [4.69, 9.17) is 26.8 Å². The standard InChI is InChI=1S/C30H25ClF5N5O5/c1-28(27(37)43)12-46-25-16(28)9-20(39-24(25)21-17(32)5-6-18(33)22(21)31)29(44,30(34,35)36)11-38-26(42)13-7-14-10-41(15-3-4-15)40-23(14)19(8-13)45-2/h5-10,15,44H,3-4,11-12H2,1-2H3,(H2,37,43)(H,38,42)/t28-,29?/m0/s1. The summed E-state index contributed by atoms with van der Waals surface area (Å²) in [7, 11) is 1.35. The quantitative estimate of drug-likeness (QED) is 0.183. The molecule has 2 amide bonds. The zero-order valence-electron chi connectivity index (χ0n) is 24.1. The van der Waals surface area contributed by atoms with E-state index >= 15 is 4.39 Å². The van der Waals surface area contributed by atoms with Crippen molar-refractivity contribution in [2.24, 2.45) is 5.73 Å². The number of rotatable bonds is 8. The Balaban J connectivity index is 1.44. The monoisotopic (exact) mass is 665 g/mol. The largest absolute Gasteiger partial charge is 0.494 e. The summed E-state index contributed by atoms with van der Waals surface area (Å²) < 4.78 is 86.4. The first-order chi connectivity index (χ1) is 21.6. The number of fused-ring (bicyclic) bond motifs is 2. The molecule has 0 saturated heterocycles. The molecule has 1 unspecified atom stereocenters. The van der Waals surface area contributed by atoms with Gasteiger partial charge in [0.2, 0.25) is 11.5 Å². The van der Waals surface area contributed by atoms with E-state index in [1.54, 1.807) is 10.9 Å². The number of carbonyl (C=O) groups excluding carboxylic acids is 2. The molecular weight excluding hydrogens is 641 g/mol. The summed E-state index contributed by atoms with van der Waals surface area (Å²) >= 11 is 6.02. The Labute approximate surface area is 262 Å². The van der Waals surface area contributed by atoms with Crippen molar-refractivity contribution in [1.82, 2.24) is 20.1 Å². The van der Waals surface area contributed by atoms with Crippen LogP contribution in [0.15, 0.2) is 36.5 Å². The molecular formula is C30H25ClF5N5O5. The van der Waals surface area contributed by atoms with Crippen LogP contribution < -0.4 is 20.5 Å². The molecule has 6 rings (SSSR count). The number of alkyl halides is 3. The minimum absolute atomic E-state index is 0.0878. The predicted molar refractivity (Wildman–Crippen MR) is 153 cm³/mol. The highest BCUT2D eigenvalue weighted by Crippen LogP contribution is 2.49. The molecule has 2 atom stereocenters. The summed E-state index contributed by atoms with van der Waals surface area (Å²) in [5.41, 5.74) is -2.68. The molecule has 4 aromatic rings. The molecule has 16 heteroatoms. The van der Waals surface area contributed by atoms with Crippen LogP contribution in [0.4, 0.5) is 22.0 Å². The minimum atomic E-state index is -5.50. The summed E-state index contributed by atoms with van der Waals surface area (Å²) in [6.45, 7) is -0.690. The van der Waals surface area contributed by atoms with E-state index in [9.17, 15) is 32.3 Å². The number of nitrogens with zero attached hydrogens (tertiary/aromatic N) is 3. The first-order valence-corrected chi connectivity index (χ1v) is 14.2. The predicted octanol–water partition coefficient (Wildman–Crippen LogP) is 4.69. The van der Waals surface area contributed by atoms with E-state index in [-0.39, 0.29) is 28.7 Å². The molecule has 2 aromatic heterocycles. The van der Waals surface area contributed by atoms with Gasteiger partial charge in [-0.1, -0.05) is 11.6 Å². The molecule has 1 fully saturated rings. The van der Waals surface area contributed by atoms with Crippen molar-refractivity contribution in [3.63, 3.8) is 0 Å². The summed E-state index contributed by atoms with van der Waals surface area (Å²) in [6, 6.07) is 5.04. The lowest BCUT2D eigenvalue weighted by Gasteiger charge is -2.31. The summed E-state index contributed by atoms with van der Waals surface area (Å²) in [6.07, 6.45) is -1.94. The second kappa shape index (κ2) is 10.8. The minimum Gasteiger partial charge on any atom is -0.494 e. The van der Waals surface area contributed by atoms with Gasteiger partial charge in [-0.25, -0.2) is 13.8 Å². The maximum absolute atomic E-state index is 15.1. The third-order valence-electron chi connectivity index (χ3n) is 8.29. The molecule has 0 radical (unpaired) electrons. The fraction of sp³-hybridized carbons (Fsp3) is 0.333. The first-order valence-electron chi connectivity index (χ1n) is 13.9. The van der Waals surface area contributed by atoms with Crippen molar-refractivity contribution in [3.05, 3.63) is 70.0 Å². The number of hydrogen-bond donors (Lipinski definition) is 3. The smallest absolute Gasteiger partial charge is 0.424 e. The number of primary amides is 1. The van der Waals surface area contributed by atoms with Gasteiger partial charge in [0.25, 0.3) is 5.91 Å². The third-order valence-corrected chi connectivity index (χ3v) is 8.66. The lowest BCUT2D eigenvalue weighted by Crippen LogP contribution is -2.51. The van der Waals surface area contributed by atoms with Crippen molar-refractivity contribution in [2.75, 3.05) is 20.3 Å². The highest BCUT2D eigenvalue weighted by molar-refractivity contribution is 6.33.